The summed E-state index contributed by atoms with van der Waals surface area (Å²) in [5, 5.41) is 3.44. The Labute approximate surface area is 104 Å². The number of anilines is 1. The van der Waals surface area contributed by atoms with E-state index in [0.29, 0.717) is 0 Å². The van der Waals surface area contributed by atoms with Crippen molar-refractivity contribution in [3.63, 3.8) is 0 Å². The molecule has 16 heavy (non-hydrogen) atoms. The summed E-state index contributed by atoms with van der Waals surface area (Å²) in [4.78, 5) is 8.20. The third kappa shape index (κ3) is 1.95. The van der Waals surface area contributed by atoms with Crippen LogP contribution < -0.4 is 5.32 Å². The lowest BCUT2D eigenvalue weighted by molar-refractivity contribution is 0.348. The molecule has 2 bridgehead atoms. The predicted molar refractivity (Wildman–Crippen MR) is 67.2 cm³/mol. The summed E-state index contributed by atoms with van der Waals surface area (Å²) < 4.78 is 0.957. The molecule has 1 aromatic rings. The van der Waals surface area contributed by atoms with Crippen LogP contribution in [0.25, 0.3) is 0 Å². The van der Waals surface area contributed by atoms with E-state index in [-0.39, 0.29) is 0 Å². The molecule has 4 heteroatoms. The Balaban J connectivity index is 1.59. The Morgan fingerprint density at radius 1 is 1.38 bits per heavy atom. The van der Waals surface area contributed by atoms with E-state index in [4.69, 9.17) is 0 Å². The predicted octanol–water partition coefficient (Wildman–Crippen LogP) is 3.09. The van der Waals surface area contributed by atoms with Crippen molar-refractivity contribution < 1.29 is 0 Å². The van der Waals surface area contributed by atoms with Gasteiger partial charge in [-0.05, 0) is 52.9 Å². The molecule has 1 aromatic heterocycles. The van der Waals surface area contributed by atoms with Gasteiger partial charge in [0.2, 0.25) is 0 Å². The molecule has 2 saturated carbocycles. The number of hydrogen-bond acceptors (Lipinski definition) is 3. The van der Waals surface area contributed by atoms with E-state index in [2.05, 4.69) is 31.2 Å². The Hall–Kier alpha value is -0.640. The molecule has 3 rings (SSSR count). The van der Waals surface area contributed by atoms with E-state index in [0.717, 1.165) is 34.6 Å². The number of fused-ring (bicyclic) bond motifs is 2. The summed E-state index contributed by atoms with van der Waals surface area (Å²) >= 11 is 3.46. The van der Waals surface area contributed by atoms with Crippen molar-refractivity contribution in [3.05, 3.63) is 17.0 Å². The molecule has 0 aromatic carbocycles. The average Bonchev–Trinajstić information content (AvgIpc) is 2.90. The van der Waals surface area contributed by atoms with Gasteiger partial charge in [0.15, 0.2) is 0 Å². The van der Waals surface area contributed by atoms with Gasteiger partial charge in [-0.1, -0.05) is 6.42 Å². The molecule has 1 N–H and O–H groups in total. The maximum Gasteiger partial charge on any atom is 0.143 e. The topological polar surface area (TPSA) is 37.8 Å². The fourth-order valence-corrected chi connectivity index (χ4v) is 3.66. The highest BCUT2D eigenvalue weighted by molar-refractivity contribution is 9.10. The van der Waals surface area contributed by atoms with E-state index >= 15 is 0 Å². The monoisotopic (exact) mass is 281 g/mol. The summed E-state index contributed by atoms with van der Waals surface area (Å²) in [5.74, 6) is 3.78. The molecule has 0 aliphatic heterocycles. The van der Waals surface area contributed by atoms with Crippen molar-refractivity contribution in [1.82, 2.24) is 9.97 Å². The zero-order chi connectivity index (χ0) is 11.0. The normalized spacial score (nSPS) is 31.9. The Morgan fingerprint density at radius 3 is 3.00 bits per heavy atom. The third-order valence-corrected chi connectivity index (χ3v) is 4.66. The van der Waals surface area contributed by atoms with Crippen LogP contribution in [0.1, 0.15) is 25.7 Å². The number of halogens is 1. The molecule has 2 aliphatic rings. The van der Waals surface area contributed by atoms with Crippen LogP contribution in [0.4, 0.5) is 5.82 Å². The van der Waals surface area contributed by atoms with E-state index in [1.54, 1.807) is 12.5 Å². The van der Waals surface area contributed by atoms with Gasteiger partial charge in [-0.15, -0.1) is 0 Å². The Kier molecular flexibility index (Phi) is 2.84. The maximum absolute atomic E-state index is 4.23. The van der Waals surface area contributed by atoms with Gasteiger partial charge in [0.25, 0.3) is 0 Å². The van der Waals surface area contributed by atoms with Crippen molar-refractivity contribution in [2.75, 3.05) is 11.9 Å². The van der Waals surface area contributed by atoms with E-state index < -0.39 is 0 Å². The van der Waals surface area contributed by atoms with E-state index in [9.17, 15) is 0 Å². The molecule has 86 valence electrons. The van der Waals surface area contributed by atoms with E-state index in [1.165, 1.54) is 25.7 Å². The smallest absolute Gasteiger partial charge is 0.143 e. The Morgan fingerprint density at radius 2 is 2.31 bits per heavy atom. The van der Waals surface area contributed by atoms with Crippen LogP contribution in [-0.2, 0) is 0 Å². The SMILES string of the molecule is Brc1cncnc1NCC1CC2CCC1C2. The van der Waals surface area contributed by atoms with Crippen molar-refractivity contribution in [2.24, 2.45) is 17.8 Å². The van der Waals surface area contributed by atoms with Crippen LogP contribution in [0.15, 0.2) is 17.0 Å². The molecule has 3 nitrogen and oxygen atoms in total. The minimum absolute atomic E-state index is 0.862. The van der Waals surface area contributed by atoms with Crippen LogP contribution in [0.3, 0.4) is 0 Å². The zero-order valence-corrected chi connectivity index (χ0v) is 10.8. The summed E-state index contributed by atoms with van der Waals surface area (Å²) in [6.45, 7) is 1.07. The molecule has 0 radical (unpaired) electrons. The van der Waals surface area contributed by atoms with Gasteiger partial charge >= 0.3 is 0 Å². The zero-order valence-electron chi connectivity index (χ0n) is 9.19. The number of nitrogens with zero attached hydrogens (tertiary/aromatic N) is 2. The van der Waals surface area contributed by atoms with Crippen molar-refractivity contribution in [2.45, 2.75) is 25.7 Å². The van der Waals surface area contributed by atoms with E-state index in [1.807, 2.05) is 0 Å². The lowest BCUT2D eigenvalue weighted by atomic mass is 9.89. The van der Waals surface area contributed by atoms with Gasteiger partial charge in [0.1, 0.15) is 12.1 Å². The van der Waals surface area contributed by atoms with Gasteiger partial charge < -0.3 is 5.32 Å². The fourth-order valence-electron chi connectivity index (χ4n) is 3.30. The van der Waals surface area contributed by atoms with Crippen LogP contribution >= 0.6 is 15.9 Å². The first-order chi connectivity index (χ1) is 7.83. The molecule has 0 spiro atoms. The maximum atomic E-state index is 4.23. The number of rotatable bonds is 3. The standard InChI is InChI=1S/C12H16BrN3/c13-11-6-14-7-16-12(11)15-5-10-4-8-1-2-9(10)3-8/h6-10H,1-5H2,(H,14,15,16). The first-order valence-electron chi connectivity index (χ1n) is 6.02. The summed E-state index contributed by atoms with van der Waals surface area (Å²) in [6, 6.07) is 0. The second-order valence-electron chi connectivity index (χ2n) is 5.04. The molecule has 2 fully saturated rings. The number of aromatic nitrogens is 2. The minimum Gasteiger partial charge on any atom is -0.369 e. The molecule has 3 atom stereocenters. The van der Waals surface area contributed by atoms with Gasteiger partial charge in [-0.25, -0.2) is 9.97 Å². The first kappa shape index (κ1) is 10.5. The van der Waals surface area contributed by atoms with Gasteiger partial charge in [0, 0.05) is 12.7 Å². The lowest BCUT2D eigenvalue weighted by Crippen LogP contribution is -2.20. The molecule has 0 saturated heterocycles. The van der Waals surface area contributed by atoms with Crippen molar-refractivity contribution in [3.8, 4) is 0 Å². The van der Waals surface area contributed by atoms with Crippen molar-refractivity contribution >= 4 is 21.7 Å². The highest BCUT2D eigenvalue weighted by Gasteiger charge is 2.39. The highest BCUT2D eigenvalue weighted by Crippen LogP contribution is 2.48. The highest BCUT2D eigenvalue weighted by atomic mass is 79.9. The summed E-state index contributed by atoms with van der Waals surface area (Å²) in [6.07, 6.45) is 9.18. The Bertz CT molecular complexity index is 382. The van der Waals surface area contributed by atoms with Crippen LogP contribution in [-0.4, -0.2) is 16.5 Å². The minimum atomic E-state index is 0.862. The number of hydrogen-bond donors (Lipinski definition) is 1. The quantitative estimate of drug-likeness (QED) is 0.925. The average molecular weight is 282 g/mol. The molecule has 1 heterocycles. The number of nitrogens with one attached hydrogen (secondary N) is 1. The second-order valence-corrected chi connectivity index (χ2v) is 5.89. The molecule has 2 aliphatic carbocycles. The van der Waals surface area contributed by atoms with Crippen molar-refractivity contribution in [1.29, 1.82) is 0 Å². The second kappa shape index (κ2) is 4.32. The van der Waals surface area contributed by atoms with Gasteiger partial charge in [0.05, 0.1) is 4.47 Å². The van der Waals surface area contributed by atoms with Gasteiger partial charge in [-0.2, -0.15) is 0 Å². The fraction of sp³-hybridized carbons (Fsp3) is 0.667. The van der Waals surface area contributed by atoms with Gasteiger partial charge in [-0.3, -0.25) is 0 Å². The molecule has 3 unspecified atom stereocenters. The molecule has 0 amide bonds. The van der Waals surface area contributed by atoms with Crippen LogP contribution in [0.2, 0.25) is 0 Å². The largest absolute Gasteiger partial charge is 0.369 e. The molecular formula is C12H16BrN3. The summed E-state index contributed by atoms with van der Waals surface area (Å²) in [7, 11) is 0. The third-order valence-electron chi connectivity index (χ3n) is 4.08. The summed E-state index contributed by atoms with van der Waals surface area (Å²) in [5.41, 5.74) is 0. The van der Waals surface area contributed by atoms with Crippen LogP contribution in [0, 0.1) is 17.8 Å². The first-order valence-corrected chi connectivity index (χ1v) is 6.81. The lowest BCUT2D eigenvalue weighted by Gasteiger charge is -2.22. The van der Waals surface area contributed by atoms with Crippen LogP contribution in [0.5, 0.6) is 0 Å². The molecular weight excluding hydrogens is 266 g/mol.